The van der Waals surface area contributed by atoms with E-state index in [9.17, 15) is 4.79 Å². The Morgan fingerprint density at radius 2 is 1.73 bits per heavy atom. The van der Waals surface area contributed by atoms with Gasteiger partial charge in [0, 0.05) is 23.5 Å². The first-order chi connectivity index (χ1) is 7.31. The van der Waals surface area contributed by atoms with E-state index in [4.69, 9.17) is 11.6 Å². The van der Waals surface area contributed by atoms with Crippen LogP contribution in [0.3, 0.4) is 0 Å². The summed E-state index contributed by atoms with van der Waals surface area (Å²) in [6.45, 7) is 0. The monoisotopic (exact) mass is 218 g/mol. The highest BCUT2D eigenvalue weighted by Gasteiger charge is 2.04. The van der Waals surface area contributed by atoms with Gasteiger partial charge in [-0.15, -0.1) is 0 Å². The Kier molecular flexibility index (Phi) is 2.74. The van der Waals surface area contributed by atoms with Crippen molar-refractivity contribution >= 4 is 17.9 Å². The molecule has 0 saturated heterocycles. The Morgan fingerprint density at radius 3 is 2.33 bits per heavy atom. The molecule has 0 N–H and O–H groups in total. The van der Waals surface area contributed by atoms with Gasteiger partial charge in [0.25, 0.3) is 0 Å². The quantitative estimate of drug-likeness (QED) is 0.728. The molecular formula is C11H7ClN2O. The maximum atomic E-state index is 10.5. The molecule has 1 aromatic carbocycles. The van der Waals surface area contributed by atoms with E-state index in [1.54, 1.807) is 30.5 Å². The third-order valence-corrected chi connectivity index (χ3v) is 2.25. The predicted molar refractivity (Wildman–Crippen MR) is 57.9 cm³/mol. The van der Waals surface area contributed by atoms with Gasteiger partial charge in [0.1, 0.15) is 12.0 Å². The molecule has 0 bridgehead atoms. The Morgan fingerprint density at radius 1 is 1.07 bits per heavy atom. The first-order valence-corrected chi connectivity index (χ1v) is 4.71. The molecule has 1 aromatic heterocycles. The van der Waals surface area contributed by atoms with Crippen molar-refractivity contribution in [3.05, 3.63) is 47.4 Å². The lowest BCUT2D eigenvalue weighted by molar-refractivity contribution is 0.112. The van der Waals surface area contributed by atoms with Gasteiger partial charge in [-0.05, 0) is 0 Å². The molecule has 0 saturated carbocycles. The van der Waals surface area contributed by atoms with Gasteiger partial charge in [0.05, 0.1) is 0 Å². The Labute approximate surface area is 91.8 Å². The van der Waals surface area contributed by atoms with Gasteiger partial charge in [-0.3, -0.25) is 9.78 Å². The zero-order valence-electron chi connectivity index (χ0n) is 7.72. The van der Waals surface area contributed by atoms with Crippen molar-refractivity contribution < 1.29 is 4.79 Å². The minimum atomic E-state index is 0.358. The first-order valence-electron chi connectivity index (χ1n) is 4.33. The van der Waals surface area contributed by atoms with Crippen LogP contribution in [-0.4, -0.2) is 16.3 Å². The highest BCUT2D eigenvalue weighted by atomic mass is 35.5. The van der Waals surface area contributed by atoms with Gasteiger partial charge in [-0.1, -0.05) is 35.9 Å². The predicted octanol–water partition coefficient (Wildman–Crippen LogP) is 2.61. The topological polar surface area (TPSA) is 42.9 Å². The maximum absolute atomic E-state index is 10.5. The molecule has 15 heavy (non-hydrogen) atoms. The van der Waals surface area contributed by atoms with E-state index in [-0.39, 0.29) is 0 Å². The van der Waals surface area contributed by atoms with E-state index < -0.39 is 0 Å². The summed E-state index contributed by atoms with van der Waals surface area (Å²) in [5.74, 6) is 0. The fourth-order valence-electron chi connectivity index (χ4n) is 1.23. The van der Waals surface area contributed by atoms with Crippen LogP contribution in [0, 0.1) is 0 Å². The van der Waals surface area contributed by atoms with Gasteiger partial charge in [0.15, 0.2) is 5.15 Å². The maximum Gasteiger partial charge on any atom is 0.155 e. The number of aldehydes is 1. The number of rotatable bonds is 2. The second kappa shape index (κ2) is 4.19. The normalized spacial score (nSPS) is 9.93. The highest BCUT2D eigenvalue weighted by molar-refractivity contribution is 6.31. The van der Waals surface area contributed by atoms with Crippen LogP contribution in [0.4, 0.5) is 0 Å². The van der Waals surface area contributed by atoms with E-state index in [0.717, 1.165) is 11.8 Å². The van der Waals surface area contributed by atoms with Crippen molar-refractivity contribution in [3.8, 4) is 11.3 Å². The first kappa shape index (κ1) is 9.80. The molecule has 0 aliphatic rings. The zero-order valence-corrected chi connectivity index (χ0v) is 8.48. The number of hydrogen-bond donors (Lipinski definition) is 0. The van der Waals surface area contributed by atoms with Crippen LogP contribution < -0.4 is 0 Å². The summed E-state index contributed by atoms with van der Waals surface area (Å²) < 4.78 is 0. The third-order valence-electron chi connectivity index (χ3n) is 1.97. The van der Waals surface area contributed by atoms with Crippen molar-refractivity contribution in [2.75, 3.05) is 0 Å². The fourth-order valence-corrected chi connectivity index (χ4v) is 1.45. The van der Waals surface area contributed by atoms with Crippen LogP contribution >= 0.6 is 11.6 Å². The molecule has 2 rings (SSSR count). The minimum Gasteiger partial charge on any atom is -0.298 e. The van der Waals surface area contributed by atoms with Crippen LogP contribution in [0.1, 0.15) is 10.4 Å². The Hall–Kier alpha value is -1.74. The van der Waals surface area contributed by atoms with Gasteiger partial charge >= 0.3 is 0 Å². The van der Waals surface area contributed by atoms with Gasteiger partial charge in [-0.25, -0.2) is 4.98 Å². The number of hydrogen-bond acceptors (Lipinski definition) is 3. The SMILES string of the molecule is O=Cc1ccc(-c2nccnc2Cl)cc1. The third kappa shape index (κ3) is 2.02. The summed E-state index contributed by atoms with van der Waals surface area (Å²) in [5, 5.41) is 0.358. The molecule has 2 aromatic rings. The second-order valence-corrected chi connectivity index (χ2v) is 3.29. The average Bonchev–Trinajstić information content (AvgIpc) is 2.30. The van der Waals surface area contributed by atoms with Crippen LogP contribution in [0.15, 0.2) is 36.7 Å². The second-order valence-electron chi connectivity index (χ2n) is 2.94. The van der Waals surface area contributed by atoms with E-state index in [1.165, 1.54) is 6.20 Å². The van der Waals surface area contributed by atoms with Crippen molar-refractivity contribution in [3.63, 3.8) is 0 Å². The van der Waals surface area contributed by atoms with Crippen molar-refractivity contribution in [1.29, 1.82) is 0 Å². The standard InChI is InChI=1S/C11H7ClN2O/c12-11-10(13-5-6-14-11)9-3-1-8(7-15)2-4-9/h1-7H. The zero-order chi connectivity index (χ0) is 10.7. The largest absolute Gasteiger partial charge is 0.298 e. The lowest BCUT2D eigenvalue weighted by Crippen LogP contribution is -1.87. The lowest BCUT2D eigenvalue weighted by atomic mass is 10.1. The van der Waals surface area contributed by atoms with Gasteiger partial charge in [-0.2, -0.15) is 0 Å². The van der Waals surface area contributed by atoms with Crippen molar-refractivity contribution in [2.24, 2.45) is 0 Å². The van der Waals surface area contributed by atoms with E-state index in [1.807, 2.05) is 0 Å². The van der Waals surface area contributed by atoms with E-state index in [2.05, 4.69) is 9.97 Å². The molecule has 0 radical (unpaired) electrons. The van der Waals surface area contributed by atoms with Crippen LogP contribution in [0.2, 0.25) is 5.15 Å². The number of halogens is 1. The molecule has 4 heteroatoms. The van der Waals surface area contributed by atoms with Crippen LogP contribution in [-0.2, 0) is 0 Å². The van der Waals surface area contributed by atoms with Gasteiger partial charge in [0.2, 0.25) is 0 Å². The summed E-state index contributed by atoms with van der Waals surface area (Å²) in [5.41, 5.74) is 2.09. The van der Waals surface area contributed by atoms with E-state index in [0.29, 0.717) is 16.4 Å². The summed E-state index contributed by atoms with van der Waals surface area (Å²) in [6.07, 6.45) is 3.91. The van der Waals surface area contributed by atoms with Crippen molar-refractivity contribution in [2.45, 2.75) is 0 Å². The lowest BCUT2D eigenvalue weighted by Gasteiger charge is -2.01. The fraction of sp³-hybridized carbons (Fsp3) is 0. The van der Waals surface area contributed by atoms with Crippen LogP contribution in [0.25, 0.3) is 11.3 Å². The summed E-state index contributed by atoms with van der Waals surface area (Å²) >= 11 is 5.89. The Balaban J connectivity index is 2.46. The summed E-state index contributed by atoms with van der Waals surface area (Å²) in [4.78, 5) is 18.5. The van der Waals surface area contributed by atoms with Crippen LogP contribution in [0.5, 0.6) is 0 Å². The molecule has 0 aliphatic carbocycles. The molecular weight excluding hydrogens is 212 g/mol. The van der Waals surface area contributed by atoms with Gasteiger partial charge < -0.3 is 0 Å². The summed E-state index contributed by atoms with van der Waals surface area (Å²) in [7, 11) is 0. The Bertz CT molecular complexity index is 482. The van der Waals surface area contributed by atoms with Crippen molar-refractivity contribution in [1.82, 2.24) is 9.97 Å². The molecule has 74 valence electrons. The molecule has 0 amide bonds. The molecule has 0 atom stereocenters. The number of aromatic nitrogens is 2. The molecule has 0 aliphatic heterocycles. The highest BCUT2D eigenvalue weighted by Crippen LogP contribution is 2.22. The molecule has 1 heterocycles. The number of nitrogens with zero attached hydrogens (tertiary/aromatic N) is 2. The smallest absolute Gasteiger partial charge is 0.155 e. The molecule has 0 fully saturated rings. The number of carbonyl (C=O) groups excluding carboxylic acids is 1. The van der Waals surface area contributed by atoms with E-state index >= 15 is 0 Å². The molecule has 0 unspecified atom stereocenters. The summed E-state index contributed by atoms with van der Waals surface area (Å²) in [6, 6.07) is 7.01. The number of benzene rings is 1. The molecule has 3 nitrogen and oxygen atoms in total. The average molecular weight is 219 g/mol. The molecule has 0 spiro atoms. The minimum absolute atomic E-state index is 0.358. The number of carbonyl (C=O) groups is 1.